The summed E-state index contributed by atoms with van der Waals surface area (Å²) in [4.78, 5) is 17.7. The molecule has 0 fully saturated rings. The third-order valence-electron chi connectivity index (χ3n) is 3.93. The predicted molar refractivity (Wildman–Crippen MR) is 126 cm³/mol. The lowest BCUT2D eigenvalue weighted by atomic mass is 9.91. The van der Waals surface area contributed by atoms with Gasteiger partial charge < -0.3 is 16.0 Å². The average molecular weight is 521 g/mol. The molecule has 0 unspecified atom stereocenters. The van der Waals surface area contributed by atoms with Crippen molar-refractivity contribution in [2.24, 2.45) is 4.99 Å². The van der Waals surface area contributed by atoms with Crippen LogP contribution in [0, 0.1) is 0 Å². The fourth-order valence-corrected chi connectivity index (χ4v) is 3.45. The van der Waals surface area contributed by atoms with Gasteiger partial charge in [0.25, 0.3) is 5.91 Å². The fourth-order valence-electron chi connectivity index (χ4n) is 2.37. The maximum atomic E-state index is 12.1. The van der Waals surface area contributed by atoms with E-state index in [1.54, 1.807) is 42.6 Å². The van der Waals surface area contributed by atoms with E-state index < -0.39 is 0 Å². The van der Waals surface area contributed by atoms with Gasteiger partial charge >= 0.3 is 0 Å². The lowest BCUT2D eigenvalue weighted by Crippen LogP contribution is -2.45. The Morgan fingerprint density at radius 3 is 2.44 bits per heavy atom. The summed E-state index contributed by atoms with van der Waals surface area (Å²) in [7, 11) is 1.73. The molecule has 0 saturated heterocycles. The molecule has 27 heavy (non-hydrogen) atoms. The fraction of sp³-hybridized carbons (Fsp3) is 0.368. The van der Waals surface area contributed by atoms with Gasteiger partial charge in [-0.05, 0) is 23.6 Å². The van der Waals surface area contributed by atoms with E-state index in [9.17, 15) is 4.79 Å². The van der Waals surface area contributed by atoms with Gasteiger partial charge in [-0.3, -0.25) is 9.79 Å². The van der Waals surface area contributed by atoms with Crippen LogP contribution in [0.15, 0.2) is 46.8 Å². The summed E-state index contributed by atoms with van der Waals surface area (Å²) in [6, 6.07) is 11.2. The van der Waals surface area contributed by atoms with Crippen LogP contribution < -0.4 is 16.0 Å². The van der Waals surface area contributed by atoms with E-state index in [1.165, 1.54) is 4.88 Å². The Morgan fingerprint density at radius 1 is 1.11 bits per heavy atom. The van der Waals surface area contributed by atoms with Crippen LogP contribution in [0.25, 0.3) is 0 Å². The van der Waals surface area contributed by atoms with Crippen LogP contribution in [-0.2, 0) is 5.41 Å². The summed E-state index contributed by atoms with van der Waals surface area (Å²) in [5.41, 5.74) is 0.499. The summed E-state index contributed by atoms with van der Waals surface area (Å²) in [6.07, 6.45) is 0. The van der Waals surface area contributed by atoms with Crippen LogP contribution in [-0.4, -0.2) is 38.5 Å². The normalized spacial score (nSPS) is 11.5. The molecule has 0 aliphatic rings. The van der Waals surface area contributed by atoms with Gasteiger partial charge in [0, 0.05) is 37.0 Å². The highest BCUT2D eigenvalue weighted by Crippen LogP contribution is 2.26. The zero-order chi connectivity index (χ0) is 19.0. The molecule has 2 aromatic rings. The standard InChI is InChI=1S/C19H25ClN4OS.HI/c1-19(2,16-9-6-12-26-16)13-24-18(21-3)23-11-10-22-17(25)14-7-4-5-8-15(14)20;/h4-9,12H,10-11,13H2,1-3H3,(H,22,25)(H2,21,23,24);1H. The number of hydrogen-bond donors (Lipinski definition) is 3. The minimum atomic E-state index is -0.181. The van der Waals surface area contributed by atoms with E-state index in [0.29, 0.717) is 29.6 Å². The highest BCUT2D eigenvalue weighted by atomic mass is 127. The zero-order valence-corrected chi connectivity index (χ0v) is 19.6. The number of rotatable bonds is 7. The smallest absolute Gasteiger partial charge is 0.252 e. The highest BCUT2D eigenvalue weighted by molar-refractivity contribution is 14.0. The molecular weight excluding hydrogens is 495 g/mol. The first kappa shape index (κ1) is 23.7. The van der Waals surface area contributed by atoms with Crippen molar-refractivity contribution in [3.05, 3.63) is 57.2 Å². The zero-order valence-electron chi connectivity index (χ0n) is 15.7. The second-order valence-corrected chi connectivity index (χ2v) is 7.80. The Morgan fingerprint density at radius 2 is 1.81 bits per heavy atom. The van der Waals surface area contributed by atoms with Crippen LogP contribution in [0.4, 0.5) is 0 Å². The number of carbonyl (C=O) groups is 1. The molecule has 3 N–H and O–H groups in total. The SMILES string of the molecule is CN=C(NCCNC(=O)c1ccccc1Cl)NCC(C)(C)c1cccs1.I. The molecular formula is C19H26ClIN4OS. The molecule has 8 heteroatoms. The average Bonchev–Trinajstić information content (AvgIpc) is 3.17. The molecule has 1 heterocycles. The van der Waals surface area contributed by atoms with Crippen LogP contribution in [0.5, 0.6) is 0 Å². The van der Waals surface area contributed by atoms with Gasteiger partial charge in [-0.25, -0.2) is 0 Å². The first-order valence-electron chi connectivity index (χ1n) is 8.45. The van der Waals surface area contributed by atoms with Crippen LogP contribution in [0.2, 0.25) is 5.02 Å². The second kappa shape index (κ2) is 11.5. The summed E-state index contributed by atoms with van der Waals surface area (Å²) in [5.74, 6) is 0.529. The molecule has 0 atom stereocenters. The largest absolute Gasteiger partial charge is 0.356 e. The number of carbonyl (C=O) groups excluding carboxylic acids is 1. The lowest BCUT2D eigenvalue weighted by Gasteiger charge is -2.25. The first-order chi connectivity index (χ1) is 12.4. The van der Waals surface area contributed by atoms with Crippen molar-refractivity contribution in [1.82, 2.24) is 16.0 Å². The topological polar surface area (TPSA) is 65.5 Å². The van der Waals surface area contributed by atoms with Crippen molar-refractivity contribution < 1.29 is 4.79 Å². The number of aliphatic imine (C=N–C) groups is 1. The minimum absolute atomic E-state index is 0. The number of benzene rings is 1. The van der Waals surface area contributed by atoms with Crippen molar-refractivity contribution in [2.75, 3.05) is 26.7 Å². The van der Waals surface area contributed by atoms with Crippen molar-refractivity contribution in [1.29, 1.82) is 0 Å². The van der Waals surface area contributed by atoms with Gasteiger partial charge in [0.05, 0.1) is 10.6 Å². The third kappa shape index (κ3) is 7.31. The van der Waals surface area contributed by atoms with E-state index in [-0.39, 0.29) is 35.3 Å². The predicted octanol–water partition coefficient (Wildman–Crippen LogP) is 3.89. The Labute approximate surface area is 187 Å². The van der Waals surface area contributed by atoms with Gasteiger partial charge in [-0.1, -0.05) is 43.6 Å². The Balaban J connectivity index is 0.00000364. The van der Waals surface area contributed by atoms with Crippen molar-refractivity contribution in [2.45, 2.75) is 19.3 Å². The maximum absolute atomic E-state index is 12.1. The van der Waals surface area contributed by atoms with E-state index in [1.807, 2.05) is 0 Å². The number of amides is 1. The van der Waals surface area contributed by atoms with Crippen molar-refractivity contribution in [3.63, 3.8) is 0 Å². The molecule has 0 radical (unpaired) electrons. The Hall–Kier alpha value is -1.32. The first-order valence-corrected chi connectivity index (χ1v) is 9.71. The Kier molecular flexibility index (Phi) is 10.1. The van der Waals surface area contributed by atoms with E-state index in [0.717, 1.165) is 6.54 Å². The van der Waals surface area contributed by atoms with Gasteiger partial charge in [-0.2, -0.15) is 0 Å². The molecule has 0 spiro atoms. The summed E-state index contributed by atoms with van der Waals surface area (Å²) in [5, 5.41) is 11.9. The third-order valence-corrected chi connectivity index (χ3v) is 5.50. The van der Waals surface area contributed by atoms with Crippen LogP contribution >= 0.6 is 46.9 Å². The number of nitrogens with zero attached hydrogens (tertiary/aromatic N) is 1. The lowest BCUT2D eigenvalue weighted by molar-refractivity contribution is 0.0954. The molecule has 1 amide bonds. The molecule has 2 rings (SSSR count). The number of halogens is 2. The molecule has 5 nitrogen and oxygen atoms in total. The summed E-state index contributed by atoms with van der Waals surface area (Å²) in [6.45, 7) is 6.19. The van der Waals surface area contributed by atoms with Gasteiger partial charge in [0.1, 0.15) is 0 Å². The van der Waals surface area contributed by atoms with Crippen LogP contribution in [0.3, 0.4) is 0 Å². The van der Waals surface area contributed by atoms with Gasteiger partial charge in [-0.15, -0.1) is 35.3 Å². The molecule has 0 aliphatic heterocycles. The molecule has 0 bridgehead atoms. The number of hydrogen-bond acceptors (Lipinski definition) is 3. The number of guanidine groups is 1. The van der Waals surface area contributed by atoms with Gasteiger partial charge in [0.15, 0.2) is 5.96 Å². The highest BCUT2D eigenvalue weighted by Gasteiger charge is 2.21. The second-order valence-electron chi connectivity index (χ2n) is 6.45. The number of thiophene rings is 1. The number of nitrogens with one attached hydrogen (secondary N) is 3. The van der Waals surface area contributed by atoms with E-state index in [2.05, 4.69) is 52.3 Å². The molecule has 148 valence electrons. The van der Waals surface area contributed by atoms with E-state index in [4.69, 9.17) is 11.6 Å². The summed E-state index contributed by atoms with van der Waals surface area (Å²) < 4.78 is 0. The maximum Gasteiger partial charge on any atom is 0.252 e. The molecule has 1 aromatic heterocycles. The minimum Gasteiger partial charge on any atom is -0.356 e. The van der Waals surface area contributed by atoms with Crippen molar-refractivity contribution in [3.8, 4) is 0 Å². The van der Waals surface area contributed by atoms with Crippen molar-refractivity contribution >= 4 is 58.8 Å². The quantitative estimate of drug-likeness (QED) is 0.225. The molecule has 0 saturated carbocycles. The Bertz CT molecular complexity index is 750. The summed E-state index contributed by atoms with van der Waals surface area (Å²) >= 11 is 7.78. The monoisotopic (exact) mass is 520 g/mol. The van der Waals surface area contributed by atoms with E-state index >= 15 is 0 Å². The molecule has 0 aliphatic carbocycles. The van der Waals surface area contributed by atoms with Gasteiger partial charge in [0.2, 0.25) is 0 Å². The molecule has 1 aromatic carbocycles. The van der Waals surface area contributed by atoms with Crippen LogP contribution in [0.1, 0.15) is 29.1 Å².